The van der Waals surface area contributed by atoms with Crippen LogP contribution in [0, 0.1) is 0 Å². The summed E-state index contributed by atoms with van der Waals surface area (Å²) < 4.78 is 34.7. The SMILES string of the molecule is O=P(O)(O)O.[O]=[W](=[O])[O-].[Tl+]. The first-order chi connectivity index (χ1) is 3.73. The largest absolute Gasteiger partial charge is 1.00 e. The van der Waals surface area contributed by atoms with Crippen molar-refractivity contribution >= 4 is 35.1 Å². The second-order valence-electron chi connectivity index (χ2n) is 0.717. The average molecular weight is 534 g/mol. The van der Waals surface area contributed by atoms with Crippen molar-refractivity contribution in [3.8, 4) is 0 Å². The van der Waals surface area contributed by atoms with Gasteiger partial charge in [-0.3, -0.25) is 0 Å². The van der Waals surface area contributed by atoms with Crippen molar-refractivity contribution in [1.82, 2.24) is 0 Å². The Morgan fingerprint density at radius 3 is 1.20 bits per heavy atom. The van der Waals surface area contributed by atoms with Crippen LogP contribution in [0.1, 0.15) is 0 Å². The van der Waals surface area contributed by atoms with Crippen molar-refractivity contribution in [2.45, 2.75) is 0 Å². The number of hydrogen-bond acceptors (Lipinski definition) is 4. The van der Waals surface area contributed by atoms with Crippen LogP contribution in [0.15, 0.2) is 0 Å². The molecule has 0 amide bonds. The summed E-state index contributed by atoms with van der Waals surface area (Å²) >= 11 is -4.28. The van der Waals surface area contributed by atoms with E-state index in [0.29, 0.717) is 0 Å². The quantitative estimate of drug-likeness (QED) is 0.227. The molecular weight excluding hydrogens is 531 g/mol. The predicted octanol–water partition coefficient (Wildman–Crippen LogP) is -2.74. The maximum atomic E-state index is 8.88. The van der Waals surface area contributed by atoms with Gasteiger partial charge in [-0.05, 0) is 0 Å². The molecule has 0 aliphatic rings. The van der Waals surface area contributed by atoms with Crippen molar-refractivity contribution in [2.75, 3.05) is 0 Å². The Balaban J connectivity index is -0.0000000910. The van der Waals surface area contributed by atoms with Crippen LogP contribution in [0.3, 0.4) is 0 Å². The molecule has 10 heteroatoms. The minimum absolute atomic E-state index is 0. The van der Waals surface area contributed by atoms with Crippen LogP contribution in [-0.2, 0) is 29.0 Å². The average Bonchev–Trinajstić information content (AvgIpc) is 1.19. The minimum atomic E-state index is -4.64. The first-order valence-electron chi connectivity index (χ1n) is 1.28. The van der Waals surface area contributed by atoms with Gasteiger partial charge in [-0.15, -0.1) is 0 Å². The van der Waals surface area contributed by atoms with E-state index in [-0.39, 0.29) is 27.3 Å². The van der Waals surface area contributed by atoms with E-state index in [1.54, 1.807) is 0 Å². The summed E-state index contributed by atoms with van der Waals surface area (Å²) in [6.07, 6.45) is 0. The molecule has 0 atom stereocenters. The van der Waals surface area contributed by atoms with Gasteiger partial charge in [0.15, 0.2) is 0 Å². The molecule has 0 bridgehead atoms. The summed E-state index contributed by atoms with van der Waals surface area (Å²) in [4.78, 5) is 21.6. The normalized spacial score (nSPS) is 8.40. The molecule has 0 saturated heterocycles. The van der Waals surface area contributed by atoms with Crippen LogP contribution in [0.4, 0.5) is 0 Å². The van der Waals surface area contributed by atoms with Gasteiger partial charge in [0.25, 0.3) is 0 Å². The zero-order valence-electron chi connectivity index (χ0n) is 4.41. The topological polar surface area (TPSA) is 135 Å². The summed E-state index contributed by atoms with van der Waals surface area (Å²) in [7, 11) is -4.64. The van der Waals surface area contributed by atoms with Crippen LogP contribution in [0.5, 0.6) is 0 Å². The van der Waals surface area contributed by atoms with Crippen molar-refractivity contribution in [3.05, 3.63) is 0 Å². The molecule has 0 rings (SSSR count). The van der Waals surface area contributed by atoms with Gasteiger partial charge in [0.1, 0.15) is 0 Å². The van der Waals surface area contributed by atoms with E-state index < -0.39 is 25.4 Å². The Labute approximate surface area is 82.1 Å². The smallest absolute Gasteiger partial charge is 1.00 e. The zero-order chi connectivity index (χ0) is 8.08. The summed E-state index contributed by atoms with van der Waals surface area (Å²) in [5.41, 5.74) is 0. The second kappa shape index (κ2) is 8.38. The Morgan fingerprint density at radius 2 is 1.20 bits per heavy atom. The summed E-state index contributed by atoms with van der Waals surface area (Å²) in [5, 5.41) is 0. The van der Waals surface area contributed by atoms with E-state index >= 15 is 0 Å². The molecule has 10 heavy (non-hydrogen) atoms. The molecule has 0 aromatic heterocycles. The van der Waals surface area contributed by atoms with Gasteiger partial charge in [0.05, 0.1) is 0 Å². The maximum absolute atomic E-state index is 8.88. The van der Waals surface area contributed by atoms with Crippen LogP contribution in [0.2, 0.25) is 0 Å². The minimum Gasteiger partial charge on any atom is 1.00 e. The van der Waals surface area contributed by atoms with Gasteiger partial charge < -0.3 is 14.7 Å². The van der Waals surface area contributed by atoms with Crippen molar-refractivity contribution in [2.24, 2.45) is 0 Å². The van der Waals surface area contributed by atoms with Crippen LogP contribution in [-0.4, -0.2) is 42.0 Å². The molecule has 7 nitrogen and oxygen atoms in total. The third kappa shape index (κ3) is 388. The molecule has 59 valence electrons. The van der Waals surface area contributed by atoms with Crippen molar-refractivity contribution in [3.63, 3.8) is 0 Å². The maximum Gasteiger partial charge on any atom is 1.00 e. The Hall–Kier alpha value is 1.28. The third-order valence-corrected chi connectivity index (χ3v) is 0. The van der Waals surface area contributed by atoms with Gasteiger partial charge in [-0.2, -0.15) is 0 Å². The third-order valence-electron chi connectivity index (χ3n) is 0. The first kappa shape index (κ1) is 17.4. The first-order valence-corrected chi connectivity index (χ1v) is 6.44. The zero-order valence-corrected chi connectivity index (χ0v) is 12.7. The summed E-state index contributed by atoms with van der Waals surface area (Å²) in [6, 6.07) is 0. The predicted molar refractivity (Wildman–Crippen MR) is 21.4 cm³/mol. The molecular formula is H3O7PTlW. The fourth-order valence-electron chi connectivity index (χ4n) is 0. The van der Waals surface area contributed by atoms with E-state index in [1.807, 2.05) is 0 Å². The van der Waals surface area contributed by atoms with E-state index in [0.717, 1.165) is 0 Å². The van der Waals surface area contributed by atoms with Crippen LogP contribution < -0.4 is 3.76 Å². The van der Waals surface area contributed by atoms with Gasteiger partial charge in [-0.25, -0.2) is 4.57 Å². The van der Waals surface area contributed by atoms with Gasteiger partial charge in [0.2, 0.25) is 0 Å². The van der Waals surface area contributed by atoms with Crippen LogP contribution >= 0.6 is 7.82 Å². The van der Waals surface area contributed by atoms with Crippen molar-refractivity contribution in [1.29, 1.82) is 0 Å². The van der Waals surface area contributed by atoms with E-state index in [2.05, 4.69) is 0 Å². The molecule has 0 aromatic rings. The molecule has 3 N–H and O–H groups in total. The Bertz CT molecular complexity index is 148. The fraction of sp³-hybridized carbons (Fsp3) is 0. The van der Waals surface area contributed by atoms with E-state index in [1.165, 1.54) is 0 Å². The van der Waals surface area contributed by atoms with E-state index in [4.69, 9.17) is 29.8 Å². The molecule has 0 fully saturated rings. The number of phosphoric acid groups is 1. The van der Waals surface area contributed by atoms with Crippen LogP contribution in [0.25, 0.3) is 0 Å². The Morgan fingerprint density at radius 1 is 1.20 bits per heavy atom. The van der Waals surface area contributed by atoms with Gasteiger partial charge >= 0.3 is 63.3 Å². The summed E-state index contributed by atoms with van der Waals surface area (Å²) in [5.74, 6) is 0. The molecule has 0 aliphatic heterocycles. The summed E-state index contributed by atoms with van der Waals surface area (Å²) in [6.45, 7) is 0. The molecule has 0 heterocycles. The molecule has 0 saturated carbocycles. The number of rotatable bonds is 0. The molecule has 0 aromatic carbocycles. The second-order valence-corrected chi connectivity index (χ2v) is 3.21. The molecule has 0 spiro atoms. The molecule has 0 aliphatic carbocycles. The number of hydrogen-bond donors (Lipinski definition) is 3. The molecule has 0 unspecified atom stereocenters. The van der Waals surface area contributed by atoms with Gasteiger partial charge in [-0.1, -0.05) is 0 Å². The van der Waals surface area contributed by atoms with Gasteiger partial charge in [0, 0.05) is 0 Å². The monoisotopic (exact) mass is 535 g/mol. The molecule has 0 radical (unpaired) electrons. The Kier molecular flexibility index (Phi) is 14.6. The fourth-order valence-corrected chi connectivity index (χ4v) is 0. The van der Waals surface area contributed by atoms with Crippen molar-refractivity contribution < 1.29 is 47.4 Å². The standard InChI is InChI=1S/H3O4P.3O.Tl.W/c1-5(2,3)4;;;;;/h(H3,1,2,3,4);;;;;/q;;;-1;+1;. The van der Waals surface area contributed by atoms with E-state index in [9.17, 15) is 0 Å².